The number of fused-ring (bicyclic) bond motifs is 9. The lowest BCUT2D eigenvalue weighted by molar-refractivity contribution is -0.0413. The number of benzene rings is 3. The first-order valence-corrected chi connectivity index (χ1v) is 28.5. The number of hydrogen-bond acceptors (Lipinski definition) is 14. The second-order valence-electron chi connectivity index (χ2n) is 22.7. The molecule has 0 amide bonds. The zero-order chi connectivity index (χ0) is 54.1. The largest absolute Gasteiger partial charge is 0.497 e. The van der Waals surface area contributed by atoms with Gasteiger partial charge in [0.15, 0.2) is 0 Å². The van der Waals surface area contributed by atoms with E-state index in [1.807, 2.05) is 61.1 Å². The van der Waals surface area contributed by atoms with Crippen LogP contribution < -0.4 is 33.7 Å². The van der Waals surface area contributed by atoms with Gasteiger partial charge in [0, 0.05) is 71.1 Å². The van der Waals surface area contributed by atoms with Crippen molar-refractivity contribution in [2.45, 2.75) is 75.8 Å². The van der Waals surface area contributed by atoms with E-state index >= 15 is 0 Å². The van der Waals surface area contributed by atoms with Crippen molar-refractivity contribution in [2.75, 3.05) is 60.6 Å². The van der Waals surface area contributed by atoms with Crippen molar-refractivity contribution in [2.24, 2.45) is 41.4 Å². The van der Waals surface area contributed by atoms with Crippen molar-refractivity contribution >= 4 is 32.7 Å². The summed E-state index contributed by atoms with van der Waals surface area (Å²) in [7, 11) is 5.09. The molecule has 7 aliphatic heterocycles. The number of rotatable bonds is 20. The first kappa shape index (κ1) is 52.6. The molecular weight excluding hydrogens is 989 g/mol. The van der Waals surface area contributed by atoms with Gasteiger partial charge in [-0.05, 0) is 172 Å². The standard InChI is InChI=1S/C65H74N8O6/c1-8-40-36-66-23-17-43(40)29-39(4)62(49-18-24-67-55-14-11-46(74-5)32-52(49)55)77-60-35-61(78-63(58-30-44-21-27-72(58)37-41(44)9-2)50-19-25-68-56-15-12-47(75-6)33-53(50)56)71-65(70-60)79-64(59-31-45-22-28-73(59)38-42(45)10-3)51-20-26-69-57-16-13-48(76-7)34-54(51)57/h8-16,18-20,24-26,32-35,39-45,58-59,62-64,66H,1-3,17,21-23,27-31,36-38H2,4-7H3/t39-,40-,41?,42?,43?,44?,45?,58?,59?,62+,63-,64+/m0/s1. The molecular formula is C65H74N8O6. The number of ether oxygens (including phenoxy) is 6. The molecule has 7 saturated heterocycles. The van der Waals surface area contributed by atoms with Crippen LogP contribution in [-0.4, -0.2) is 107 Å². The Bertz CT molecular complexity index is 3200. The first-order valence-electron chi connectivity index (χ1n) is 28.5. The molecule has 14 atom stereocenters. The molecule has 14 rings (SSSR count). The molecule has 410 valence electrons. The van der Waals surface area contributed by atoms with Crippen LogP contribution >= 0.6 is 0 Å². The summed E-state index contributed by atoms with van der Waals surface area (Å²) in [6.07, 6.45) is 16.5. The van der Waals surface area contributed by atoms with E-state index < -0.39 is 18.3 Å². The zero-order valence-electron chi connectivity index (χ0n) is 46.1. The van der Waals surface area contributed by atoms with Crippen molar-refractivity contribution < 1.29 is 28.4 Å². The van der Waals surface area contributed by atoms with Crippen molar-refractivity contribution in [1.29, 1.82) is 0 Å². The minimum atomic E-state index is -0.514. The van der Waals surface area contributed by atoms with Gasteiger partial charge < -0.3 is 33.7 Å². The third-order valence-corrected chi connectivity index (χ3v) is 18.4. The summed E-state index contributed by atoms with van der Waals surface area (Å²) in [6.45, 7) is 20.7. The molecule has 79 heavy (non-hydrogen) atoms. The molecule has 7 aliphatic rings. The van der Waals surface area contributed by atoms with Crippen molar-refractivity contribution in [3.8, 4) is 35.0 Å². The summed E-state index contributed by atoms with van der Waals surface area (Å²) in [5.74, 6) is 5.38. The zero-order valence-corrected chi connectivity index (χ0v) is 46.1. The van der Waals surface area contributed by atoms with Crippen LogP contribution in [-0.2, 0) is 0 Å². The molecule has 0 saturated carbocycles. The lowest BCUT2D eigenvalue weighted by atomic mass is 9.73. The molecule has 14 heteroatoms. The van der Waals surface area contributed by atoms with Gasteiger partial charge >= 0.3 is 6.01 Å². The highest BCUT2D eigenvalue weighted by Gasteiger charge is 2.46. The predicted octanol–water partition coefficient (Wildman–Crippen LogP) is 11.7. The first-order chi connectivity index (χ1) is 38.7. The van der Waals surface area contributed by atoms with Crippen molar-refractivity contribution in [1.82, 2.24) is 40.0 Å². The Morgan fingerprint density at radius 2 is 1.06 bits per heavy atom. The maximum Gasteiger partial charge on any atom is 0.323 e. The van der Waals surface area contributed by atoms with Gasteiger partial charge in [-0.15, -0.1) is 19.7 Å². The minimum Gasteiger partial charge on any atom is -0.497 e. The highest BCUT2D eigenvalue weighted by Crippen LogP contribution is 2.48. The summed E-state index contributed by atoms with van der Waals surface area (Å²) in [6, 6.07) is 26.4. The molecule has 3 aromatic carbocycles. The molecule has 0 spiro atoms. The van der Waals surface area contributed by atoms with Crippen molar-refractivity contribution in [3.63, 3.8) is 0 Å². The number of nitrogens with zero attached hydrogens (tertiary/aromatic N) is 7. The Labute approximate surface area is 464 Å². The summed E-state index contributed by atoms with van der Waals surface area (Å²) >= 11 is 0. The average molecular weight is 1060 g/mol. The van der Waals surface area contributed by atoms with Gasteiger partial charge in [0.1, 0.15) is 35.6 Å². The Balaban J connectivity index is 1.02. The summed E-state index contributed by atoms with van der Waals surface area (Å²) in [4.78, 5) is 30.3. The molecule has 7 aromatic rings. The molecule has 7 fully saturated rings. The summed E-state index contributed by atoms with van der Waals surface area (Å²) < 4.78 is 40.1. The third-order valence-electron chi connectivity index (χ3n) is 18.4. The lowest BCUT2D eigenvalue weighted by Crippen LogP contribution is -2.55. The van der Waals surface area contributed by atoms with E-state index in [-0.39, 0.29) is 24.0 Å². The van der Waals surface area contributed by atoms with E-state index in [9.17, 15) is 0 Å². The molecule has 4 aromatic heterocycles. The fourth-order valence-electron chi connectivity index (χ4n) is 14.2. The smallest absolute Gasteiger partial charge is 0.323 e. The Hall–Kier alpha value is -7.13. The predicted molar refractivity (Wildman–Crippen MR) is 309 cm³/mol. The molecule has 11 heterocycles. The van der Waals surface area contributed by atoms with Gasteiger partial charge in [-0.2, -0.15) is 9.97 Å². The second kappa shape index (κ2) is 22.9. The van der Waals surface area contributed by atoms with E-state index in [1.54, 1.807) is 21.3 Å². The van der Waals surface area contributed by atoms with Crippen molar-refractivity contribution in [3.05, 3.63) is 152 Å². The number of nitrogens with one attached hydrogen (secondary N) is 1. The lowest BCUT2D eigenvalue weighted by Gasteiger charge is -2.51. The van der Waals surface area contributed by atoms with Gasteiger partial charge in [-0.1, -0.05) is 25.2 Å². The van der Waals surface area contributed by atoms with Gasteiger partial charge in [0.05, 0.1) is 56.0 Å². The van der Waals surface area contributed by atoms with Crippen LogP contribution in [0.25, 0.3) is 32.7 Å². The normalized spacial score (nSPS) is 26.9. The maximum absolute atomic E-state index is 7.59. The number of aromatic nitrogens is 5. The topological polar surface area (TPSA) is 138 Å². The fraction of sp³-hybridized carbons (Fsp3) is 0.431. The quantitative estimate of drug-likeness (QED) is 0.0725. The number of piperidine rings is 7. The molecule has 0 radical (unpaired) electrons. The fourth-order valence-corrected chi connectivity index (χ4v) is 14.2. The molecule has 14 nitrogen and oxygen atoms in total. The molecule has 4 bridgehead atoms. The third kappa shape index (κ3) is 10.5. The highest BCUT2D eigenvalue weighted by atomic mass is 16.5. The van der Waals surface area contributed by atoms with E-state index in [1.165, 1.54) is 0 Å². The molecule has 9 unspecified atom stereocenters. The summed E-state index contributed by atoms with van der Waals surface area (Å²) in [5, 5.41) is 6.45. The van der Waals surface area contributed by atoms with Gasteiger partial charge in [0.25, 0.3) is 0 Å². The van der Waals surface area contributed by atoms with Crippen LogP contribution in [0.2, 0.25) is 0 Å². The minimum absolute atomic E-state index is 0.00711. The van der Waals surface area contributed by atoms with Crippen LogP contribution in [0.5, 0.6) is 35.0 Å². The number of pyridine rings is 3. The van der Waals surface area contributed by atoms with Gasteiger partial charge in [-0.3, -0.25) is 24.8 Å². The van der Waals surface area contributed by atoms with Crippen LogP contribution in [0.15, 0.2) is 135 Å². The Kier molecular flexibility index (Phi) is 15.2. The second-order valence-corrected chi connectivity index (χ2v) is 22.7. The number of hydrogen-bond donors (Lipinski definition) is 1. The summed E-state index contributed by atoms with van der Waals surface area (Å²) in [5.41, 5.74) is 5.51. The Morgan fingerprint density at radius 1 is 0.582 bits per heavy atom. The van der Waals surface area contributed by atoms with E-state index in [0.29, 0.717) is 47.3 Å². The molecule has 0 aliphatic carbocycles. The monoisotopic (exact) mass is 1060 g/mol. The van der Waals surface area contributed by atoms with E-state index in [4.69, 9.17) is 53.3 Å². The van der Waals surface area contributed by atoms with Crippen LogP contribution in [0.1, 0.15) is 80.5 Å². The highest BCUT2D eigenvalue weighted by molar-refractivity contribution is 5.86. The van der Waals surface area contributed by atoms with E-state index in [0.717, 1.165) is 144 Å². The SMILES string of the molecule is C=CC1CN2CCC1CC2[C@H](Oc1nc(O[C@@H](c2ccnc3ccc(OC)cc23)C2CC3CCN2CC3C=C)cc(O[C@@H](c2ccnc3ccc(OC)cc23)[C@@H](C)CC2CCNC[C@@H]2C=C)n1)c1ccnc2ccc(OC)cc12. The van der Waals surface area contributed by atoms with Gasteiger partial charge in [-0.25, -0.2) is 0 Å². The Morgan fingerprint density at radius 3 is 1.54 bits per heavy atom. The molecule has 1 N–H and O–H groups in total. The van der Waals surface area contributed by atoms with Crippen LogP contribution in [0.4, 0.5) is 0 Å². The van der Waals surface area contributed by atoms with Crippen LogP contribution in [0.3, 0.4) is 0 Å². The van der Waals surface area contributed by atoms with E-state index in [2.05, 4.69) is 96.4 Å². The van der Waals surface area contributed by atoms with Crippen LogP contribution in [0, 0.1) is 41.4 Å². The number of methoxy groups -OCH3 is 3. The van der Waals surface area contributed by atoms with Gasteiger partial charge in [0.2, 0.25) is 11.8 Å². The average Bonchev–Trinajstić information content (AvgIpc) is 3.53. The maximum atomic E-state index is 7.59.